The first-order valence-corrected chi connectivity index (χ1v) is 6.72. The highest BCUT2D eigenvalue weighted by Gasteiger charge is 2.57. The van der Waals surface area contributed by atoms with Crippen LogP contribution in [0.3, 0.4) is 0 Å². The maximum atomic E-state index is 13.9. The average Bonchev–Trinajstić information content (AvgIpc) is 2.93. The van der Waals surface area contributed by atoms with Gasteiger partial charge in [-0.1, -0.05) is 17.7 Å². The number of fused-ring (bicyclic) bond motifs is 2. The molecule has 2 bridgehead atoms. The number of benzene rings is 1. The standard InChI is InChI=1S/C14H14ClFO3/c15-9-2-1-8(11(16)5-9)6-14(13(17)18)7-10-3-4-12(14)19-10/h1-2,5,10,12H,3-4,6-7H2,(H,17,18). The largest absolute Gasteiger partial charge is 0.481 e. The minimum Gasteiger partial charge on any atom is -0.481 e. The first-order valence-electron chi connectivity index (χ1n) is 6.34. The van der Waals surface area contributed by atoms with Gasteiger partial charge in [0.15, 0.2) is 0 Å². The Morgan fingerprint density at radius 2 is 2.32 bits per heavy atom. The molecule has 1 aromatic carbocycles. The molecular weight excluding hydrogens is 271 g/mol. The lowest BCUT2D eigenvalue weighted by Crippen LogP contribution is -2.42. The van der Waals surface area contributed by atoms with Crippen LogP contribution in [-0.4, -0.2) is 23.3 Å². The van der Waals surface area contributed by atoms with Crippen molar-refractivity contribution < 1.29 is 19.0 Å². The second-order valence-electron chi connectivity index (χ2n) is 5.40. The summed E-state index contributed by atoms with van der Waals surface area (Å²) in [6, 6.07) is 4.37. The van der Waals surface area contributed by atoms with Crippen LogP contribution in [0.25, 0.3) is 0 Å². The molecule has 2 aliphatic heterocycles. The quantitative estimate of drug-likeness (QED) is 0.928. The molecule has 0 saturated carbocycles. The van der Waals surface area contributed by atoms with Crippen molar-refractivity contribution in [2.24, 2.45) is 5.41 Å². The maximum absolute atomic E-state index is 13.9. The lowest BCUT2D eigenvalue weighted by atomic mass is 9.70. The van der Waals surface area contributed by atoms with E-state index in [1.807, 2.05) is 0 Å². The van der Waals surface area contributed by atoms with E-state index in [-0.39, 0.29) is 18.6 Å². The molecule has 2 heterocycles. The smallest absolute Gasteiger partial charge is 0.312 e. The summed E-state index contributed by atoms with van der Waals surface area (Å²) in [6.07, 6.45) is 1.98. The number of aliphatic carboxylic acids is 1. The van der Waals surface area contributed by atoms with Gasteiger partial charge in [-0.2, -0.15) is 0 Å². The summed E-state index contributed by atoms with van der Waals surface area (Å²) in [4.78, 5) is 11.7. The van der Waals surface area contributed by atoms with Crippen molar-refractivity contribution in [2.75, 3.05) is 0 Å². The zero-order chi connectivity index (χ0) is 13.6. The lowest BCUT2D eigenvalue weighted by molar-refractivity contribution is -0.152. The van der Waals surface area contributed by atoms with Gasteiger partial charge in [-0.05, 0) is 43.4 Å². The van der Waals surface area contributed by atoms with Gasteiger partial charge in [-0.25, -0.2) is 4.39 Å². The van der Waals surface area contributed by atoms with Crippen LogP contribution in [-0.2, 0) is 16.0 Å². The number of carboxylic acids is 1. The number of carboxylic acid groups (broad SMARTS) is 1. The number of ether oxygens (including phenoxy) is 1. The van der Waals surface area contributed by atoms with Crippen molar-refractivity contribution >= 4 is 17.6 Å². The molecular formula is C14H14ClFO3. The number of hydrogen-bond donors (Lipinski definition) is 1. The minimum absolute atomic E-state index is 0.0106. The molecule has 0 aliphatic carbocycles. The summed E-state index contributed by atoms with van der Waals surface area (Å²) in [7, 11) is 0. The molecule has 0 aromatic heterocycles. The Balaban J connectivity index is 1.93. The van der Waals surface area contributed by atoms with Gasteiger partial charge in [0, 0.05) is 5.02 Å². The van der Waals surface area contributed by atoms with Crippen molar-refractivity contribution in [1.29, 1.82) is 0 Å². The third-order valence-corrected chi connectivity index (χ3v) is 4.50. The number of carbonyl (C=O) groups is 1. The molecule has 19 heavy (non-hydrogen) atoms. The molecule has 1 aromatic rings. The summed E-state index contributed by atoms with van der Waals surface area (Å²) in [5, 5.41) is 9.88. The highest BCUT2D eigenvalue weighted by Crippen LogP contribution is 2.50. The SMILES string of the molecule is O=C(O)C1(Cc2ccc(Cl)cc2F)CC2CCC1O2. The molecule has 3 unspecified atom stereocenters. The summed E-state index contributed by atoms with van der Waals surface area (Å²) in [6.45, 7) is 0. The van der Waals surface area contributed by atoms with Crippen LogP contribution in [0, 0.1) is 11.2 Å². The van der Waals surface area contributed by atoms with Crippen molar-refractivity contribution in [2.45, 2.75) is 37.9 Å². The van der Waals surface area contributed by atoms with Gasteiger partial charge in [0.25, 0.3) is 0 Å². The van der Waals surface area contributed by atoms with Gasteiger partial charge in [0.05, 0.1) is 12.2 Å². The molecule has 0 spiro atoms. The Bertz CT molecular complexity index is 533. The zero-order valence-corrected chi connectivity index (χ0v) is 11.0. The first-order chi connectivity index (χ1) is 9.01. The Morgan fingerprint density at radius 3 is 2.84 bits per heavy atom. The predicted molar refractivity (Wildman–Crippen MR) is 67.7 cm³/mol. The second-order valence-corrected chi connectivity index (χ2v) is 5.84. The Labute approximate surface area is 115 Å². The predicted octanol–water partition coefficient (Wildman–Crippen LogP) is 3.04. The number of rotatable bonds is 3. The van der Waals surface area contributed by atoms with Gasteiger partial charge < -0.3 is 9.84 Å². The van der Waals surface area contributed by atoms with Crippen molar-refractivity contribution in [3.8, 4) is 0 Å². The Hall–Kier alpha value is -1.13. The lowest BCUT2D eigenvalue weighted by Gasteiger charge is -2.31. The maximum Gasteiger partial charge on any atom is 0.312 e. The second kappa shape index (κ2) is 4.46. The molecule has 2 fully saturated rings. The summed E-state index contributed by atoms with van der Waals surface area (Å²) >= 11 is 5.71. The third kappa shape index (κ3) is 2.03. The molecule has 1 N–H and O–H groups in total. The molecule has 0 radical (unpaired) electrons. The van der Waals surface area contributed by atoms with Gasteiger partial charge in [0.2, 0.25) is 0 Å². The van der Waals surface area contributed by atoms with Crippen LogP contribution < -0.4 is 0 Å². The highest BCUT2D eigenvalue weighted by atomic mass is 35.5. The number of halogens is 2. The highest BCUT2D eigenvalue weighted by molar-refractivity contribution is 6.30. The fraction of sp³-hybridized carbons (Fsp3) is 0.500. The van der Waals surface area contributed by atoms with Crippen molar-refractivity contribution in [3.63, 3.8) is 0 Å². The Morgan fingerprint density at radius 1 is 1.53 bits per heavy atom. The Kier molecular flexibility index (Phi) is 3.02. The van der Waals surface area contributed by atoms with Crippen LogP contribution in [0.15, 0.2) is 18.2 Å². The van der Waals surface area contributed by atoms with Crippen molar-refractivity contribution in [1.82, 2.24) is 0 Å². The van der Waals surface area contributed by atoms with E-state index in [0.717, 1.165) is 12.8 Å². The van der Waals surface area contributed by atoms with E-state index in [1.54, 1.807) is 12.1 Å². The first kappa shape index (κ1) is 12.9. The minimum atomic E-state index is -0.989. The molecule has 2 saturated heterocycles. The summed E-state index contributed by atoms with van der Waals surface area (Å²) < 4.78 is 19.5. The topological polar surface area (TPSA) is 46.5 Å². The molecule has 3 atom stereocenters. The van der Waals surface area contributed by atoms with Gasteiger partial charge in [-0.3, -0.25) is 4.79 Å². The molecule has 3 nitrogen and oxygen atoms in total. The van der Waals surface area contributed by atoms with Crippen LogP contribution in [0.1, 0.15) is 24.8 Å². The fourth-order valence-electron chi connectivity index (χ4n) is 3.29. The van der Waals surface area contributed by atoms with E-state index in [9.17, 15) is 14.3 Å². The van der Waals surface area contributed by atoms with E-state index < -0.39 is 17.2 Å². The van der Waals surface area contributed by atoms with Crippen LogP contribution >= 0.6 is 11.6 Å². The summed E-state index contributed by atoms with van der Waals surface area (Å²) in [5.41, 5.74) is -0.597. The van der Waals surface area contributed by atoms with Crippen LogP contribution in [0.2, 0.25) is 5.02 Å². The van der Waals surface area contributed by atoms with Gasteiger partial charge in [-0.15, -0.1) is 0 Å². The molecule has 5 heteroatoms. The van der Waals surface area contributed by atoms with Gasteiger partial charge in [0.1, 0.15) is 11.2 Å². The monoisotopic (exact) mass is 284 g/mol. The molecule has 2 aliphatic rings. The molecule has 3 rings (SSSR count). The van der Waals surface area contributed by atoms with E-state index in [0.29, 0.717) is 17.0 Å². The van der Waals surface area contributed by atoms with E-state index in [4.69, 9.17) is 16.3 Å². The summed E-state index contributed by atoms with van der Waals surface area (Å²) in [5.74, 6) is -1.34. The zero-order valence-electron chi connectivity index (χ0n) is 10.2. The van der Waals surface area contributed by atoms with E-state index >= 15 is 0 Å². The van der Waals surface area contributed by atoms with Crippen molar-refractivity contribution in [3.05, 3.63) is 34.6 Å². The molecule has 102 valence electrons. The molecule has 0 amide bonds. The van der Waals surface area contributed by atoms with Crippen LogP contribution in [0.4, 0.5) is 4.39 Å². The number of hydrogen-bond acceptors (Lipinski definition) is 2. The van der Waals surface area contributed by atoms with E-state index in [2.05, 4.69) is 0 Å². The average molecular weight is 285 g/mol. The fourth-order valence-corrected chi connectivity index (χ4v) is 3.45. The van der Waals surface area contributed by atoms with Gasteiger partial charge >= 0.3 is 5.97 Å². The normalized spacial score (nSPS) is 32.7. The van der Waals surface area contributed by atoms with E-state index in [1.165, 1.54) is 6.07 Å². The third-order valence-electron chi connectivity index (χ3n) is 4.26. The van der Waals surface area contributed by atoms with Crippen LogP contribution in [0.5, 0.6) is 0 Å².